The minimum absolute atomic E-state index is 0.00690. The van der Waals surface area contributed by atoms with Gasteiger partial charge in [0.2, 0.25) is 0 Å². The topological polar surface area (TPSA) is 50.8 Å². The fraction of sp³-hybridized carbons (Fsp3) is 0.462. The lowest BCUT2D eigenvalue weighted by atomic mass is 10.1. The van der Waals surface area contributed by atoms with Gasteiger partial charge in [-0.3, -0.25) is 4.79 Å². The van der Waals surface area contributed by atoms with Crippen molar-refractivity contribution in [1.29, 1.82) is 0 Å². The molecule has 0 aromatic heterocycles. The van der Waals surface area contributed by atoms with Crippen molar-refractivity contribution >= 4 is 11.6 Å². The third-order valence-electron chi connectivity index (χ3n) is 2.95. The van der Waals surface area contributed by atoms with Gasteiger partial charge >= 0.3 is 0 Å². The Hall–Kier alpha value is -1.59. The van der Waals surface area contributed by atoms with Crippen LogP contribution in [0, 0.1) is 0 Å². The Balaban J connectivity index is 2.34. The van der Waals surface area contributed by atoms with E-state index in [1.807, 2.05) is 31.3 Å². The minimum Gasteiger partial charge on any atom is -0.495 e. The maximum Gasteiger partial charge on any atom is 0.253 e. The molecule has 1 N–H and O–H groups in total. The summed E-state index contributed by atoms with van der Waals surface area (Å²) in [6, 6.07) is 7.53. The first kappa shape index (κ1) is 12.9. The molecule has 1 aliphatic rings. The van der Waals surface area contributed by atoms with Crippen LogP contribution in [0.4, 0.5) is 5.69 Å². The predicted molar refractivity (Wildman–Crippen MR) is 69.0 cm³/mol. The van der Waals surface area contributed by atoms with Crippen LogP contribution in [-0.4, -0.2) is 45.9 Å². The summed E-state index contributed by atoms with van der Waals surface area (Å²) in [4.78, 5) is 13.8. The lowest BCUT2D eigenvalue weighted by Gasteiger charge is -2.36. The molecule has 1 aromatic rings. The van der Waals surface area contributed by atoms with Gasteiger partial charge in [0.15, 0.2) is 0 Å². The zero-order chi connectivity index (χ0) is 13.0. The van der Waals surface area contributed by atoms with E-state index in [0.717, 1.165) is 5.69 Å². The van der Waals surface area contributed by atoms with Crippen LogP contribution in [0.15, 0.2) is 24.3 Å². The van der Waals surface area contributed by atoms with Crippen LogP contribution < -0.4 is 15.0 Å². The molecule has 0 spiro atoms. The van der Waals surface area contributed by atoms with E-state index in [1.54, 1.807) is 12.0 Å². The maximum absolute atomic E-state index is 12.1. The number of para-hydroxylation sites is 2. The summed E-state index contributed by atoms with van der Waals surface area (Å²) in [6.07, 6.45) is 0. The molecule has 1 atom stereocenters. The number of nitrogens with zero attached hydrogens (tertiary/aromatic N) is 1. The van der Waals surface area contributed by atoms with Crippen molar-refractivity contribution in [2.75, 3.05) is 38.8 Å². The molecule has 1 aliphatic heterocycles. The van der Waals surface area contributed by atoms with Crippen molar-refractivity contribution in [2.45, 2.75) is 6.04 Å². The number of carbonyl (C=O) groups is 1. The zero-order valence-corrected chi connectivity index (χ0v) is 10.7. The van der Waals surface area contributed by atoms with E-state index in [1.165, 1.54) is 0 Å². The van der Waals surface area contributed by atoms with Gasteiger partial charge in [0.1, 0.15) is 12.4 Å². The second kappa shape index (κ2) is 5.84. The van der Waals surface area contributed by atoms with E-state index in [0.29, 0.717) is 18.9 Å². The quantitative estimate of drug-likeness (QED) is 0.852. The van der Waals surface area contributed by atoms with Gasteiger partial charge in [0, 0.05) is 6.54 Å². The highest BCUT2D eigenvalue weighted by Crippen LogP contribution is 2.30. The molecule has 1 fully saturated rings. The third-order valence-corrected chi connectivity index (χ3v) is 2.95. The molecule has 2 rings (SSSR count). The third kappa shape index (κ3) is 2.47. The number of rotatable bonds is 4. The van der Waals surface area contributed by atoms with Gasteiger partial charge in [-0.25, -0.2) is 0 Å². The van der Waals surface area contributed by atoms with Crippen molar-refractivity contribution in [2.24, 2.45) is 0 Å². The smallest absolute Gasteiger partial charge is 0.253 e. The summed E-state index contributed by atoms with van der Waals surface area (Å²) in [5.74, 6) is 0.667. The number of nitrogens with one attached hydrogen (secondary N) is 1. The minimum atomic E-state index is -0.0361. The lowest BCUT2D eigenvalue weighted by Crippen LogP contribution is -2.53. The van der Waals surface area contributed by atoms with Gasteiger partial charge in [0.05, 0.1) is 25.4 Å². The summed E-state index contributed by atoms with van der Waals surface area (Å²) >= 11 is 0. The molecule has 0 aliphatic carbocycles. The summed E-state index contributed by atoms with van der Waals surface area (Å²) in [7, 11) is 3.47. The molecule has 1 aromatic carbocycles. The highest BCUT2D eigenvalue weighted by Gasteiger charge is 2.31. The Kier molecular flexibility index (Phi) is 4.17. The number of likely N-dealkylation sites (N-methyl/N-ethyl adjacent to an activating group) is 1. The summed E-state index contributed by atoms with van der Waals surface area (Å²) in [6.45, 7) is 1.34. The van der Waals surface area contributed by atoms with Gasteiger partial charge in [-0.15, -0.1) is 0 Å². The average Bonchev–Trinajstić information content (AvgIpc) is 2.39. The summed E-state index contributed by atoms with van der Waals surface area (Å²) in [5, 5.41) is 3.08. The van der Waals surface area contributed by atoms with Crippen LogP contribution in [0.1, 0.15) is 0 Å². The van der Waals surface area contributed by atoms with E-state index in [-0.39, 0.29) is 18.6 Å². The van der Waals surface area contributed by atoms with Crippen LogP contribution in [0.25, 0.3) is 0 Å². The molecule has 0 radical (unpaired) electrons. The molecule has 18 heavy (non-hydrogen) atoms. The first-order valence-corrected chi connectivity index (χ1v) is 5.95. The average molecular weight is 250 g/mol. The van der Waals surface area contributed by atoms with Crippen molar-refractivity contribution < 1.29 is 14.3 Å². The van der Waals surface area contributed by atoms with Crippen molar-refractivity contribution in [3.05, 3.63) is 24.3 Å². The molecule has 1 unspecified atom stereocenters. The number of ether oxygens (including phenoxy) is 2. The van der Waals surface area contributed by atoms with Crippen LogP contribution >= 0.6 is 0 Å². The van der Waals surface area contributed by atoms with Crippen molar-refractivity contribution in [1.82, 2.24) is 5.32 Å². The highest BCUT2D eigenvalue weighted by molar-refractivity contribution is 5.97. The van der Waals surface area contributed by atoms with E-state index < -0.39 is 0 Å². The van der Waals surface area contributed by atoms with E-state index in [9.17, 15) is 4.79 Å². The van der Waals surface area contributed by atoms with Crippen LogP contribution in [0.3, 0.4) is 0 Å². The number of anilines is 1. The molecule has 0 saturated carbocycles. The second-order valence-electron chi connectivity index (χ2n) is 4.16. The lowest BCUT2D eigenvalue weighted by molar-refractivity contribution is -0.127. The summed E-state index contributed by atoms with van der Waals surface area (Å²) < 4.78 is 10.6. The maximum atomic E-state index is 12.1. The number of hydrogen-bond acceptors (Lipinski definition) is 4. The van der Waals surface area contributed by atoms with Crippen LogP contribution in [0.2, 0.25) is 0 Å². The van der Waals surface area contributed by atoms with E-state index >= 15 is 0 Å². The standard InChI is InChI=1S/C13H18N2O3/c1-14-7-10-8-18-9-13(16)15(10)11-5-3-4-6-12(11)17-2/h3-6,10,14H,7-9H2,1-2H3. The molecular formula is C13H18N2O3. The molecule has 98 valence electrons. The second-order valence-corrected chi connectivity index (χ2v) is 4.16. The molecular weight excluding hydrogens is 232 g/mol. The van der Waals surface area contributed by atoms with Gasteiger partial charge < -0.3 is 19.7 Å². The normalized spacial score (nSPS) is 20.0. The van der Waals surface area contributed by atoms with Gasteiger partial charge in [-0.2, -0.15) is 0 Å². The molecule has 0 bridgehead atoms. The Bertz CT molecular complexity index is 420. The highest BCUT2D eigenvalue weighted by atomic mass is 16.5. The number of hydrogen-bond donors (Lipinski definition) is 1. The predicted octanol–water partition coefficient (Wildman–Crippen LogP) is 0.646. The number of methoxy groups -OCH3 is 1. The Morgan fingerprint density at radius 1 is 1.50 bits per heavy atom. The van der Waals surface area contributed by atoms with E-state index in [4.69, 9.17) is 9.47 Å². The van der Waals surface area contributed by atoms with Gasteiger partial charge in [0.25, 0.3) is 5.91 Å². The molecule has 1 heterocycles. The number of amides is 1. The largest absolute Gasteiger partial charge is 0.495 e. The van der Waals surface area contributed by atoms with Crippen molar-refractivity contribution in [3.63, 3.8) is 0 Å². The van der Waals surface area contributed by atoms with Gasteiger partial charge in [-0.05, 0) is 19.2 Å². The number of morpholine rings is 1. The van der Waals surface area contributed by atoms with Crippen LogP contribution in [0.5, 0.6) is 5.75 Å². The first-order chi connectivity index (χ1) is 8.77. The molecule has 5 heteroatoms. The number of benzene rings is 1. The molecule has 1 amide bonds. The Morgan fingerprint density at radius 2 is 2.28 bits per heavy atom. The fourth-order valence-corrected chi connectivity index (χ4v) is 2.18. The zero-order valence-electron chi connectivity index (χ0n) is 10.7. The van der Waals surface area contributed by atoms with Crippen LogP contribution in [-0.2, 0) is 9.53 Å². The Morgan fingerprint density at radius 3 is 3.00 bits per heavy atom. The monoisotopic (exact) mass is 250 g/mol. The molecule has 1 saturated heterocycles. The fourth-order valence-electron chi connectivity index (χ4n) is 2.18. The summed E-state index contributed by atoms with van der Waals surface area (Å²) in [5.41, 5.74) is 0.800. The SMILES string of the molecule is CNCC1COCC(=O)N1c1ccccc1OC. The number of carbonyl (C=O) groups excluding carboxylic acids is 1. The van der Waals surface area contributed by atoms with Crippen molar-refractivity contribution in [3.8, 4) is 5.75 Å². The molecule has 5 nitrogen and oxygen atoms in total. The van der Waals surface area contributed by atoms with Gasteiger partial charge in [-0.1, -0.05) is 12.1 Å². The Labute approximate surface area is 107 Å². The van der Waals surface area contributed by atoms with E-state index in [2.05, 4.69) is 5.32 Å². The first-order valence-electron chi connectivity index (χ1n) is 5.95.